The van der Waals surface area contributed by atoms with Crippen molar-refractivity contribution in [2.75, 3.05) is 0 Å². The molecular formula is C32H29Cl2NO5. The second-order valence-electron chi connectivity index (χ2n) is 11.1. The number of carbonyl (C=O) groups is 1. The van der Waals surface area contributed by atoms with Gasteiger partial charge in [0.15, 0.2) is 0 Å². The molecule has 206 valence electrons. The number of hydrogen-bond donors (Lipinski definition) is 2. The van der Waals surface area contributed by atoms with Gasteiger partial charge in [0.25, 0.3) is 0 Å². The molecule has 3 aromatic carbocycles. The van der Waals surface area contributed by atoms with Crippen molar-refractivity contribution in [3.8, 4) is 17.0 Å². The zero-order chi connectivity index (χ0) is 28.2. The van der Waals surface area contributed by atoms with E-state index < -0.39 is 11.6 Å². The Bertz CT molecular complexity index is 1600. The Morgan fingerprint density at radius 2 is 1.82 bits per heavy atom. The zero-order valence-electron chi connectivity index (χ0n) is 22.2. The fourth-order valence-electron chi connectivity index (χ4n) is 5.76. The van der Waals surface area contributed by atoms with Gasteiger partial charge in [0.1, 0.15) is 23.8 Å². The molecule has 0 radical (unpaired) electrons. The molecule has 2 aliphatic carbocycles. The molecule has 0 atom stereocenters. The highest BCUT2D eigenvalue weighted by Gasteiger charge is 2.46. The fraction of sp³-hybridized carbons (Fsp3) is 0.312. The molecule has 2 N–H and O–H groups in total. The lowest BCUT2D eigenvalue weighted by atomic mass is 9.64. The predicted molar refractivity (Wildman–Crippen MR) is 153 cm³/mol. The number of benzene rings is 3. The second kappa shape index (κ2) is 10.3. The van der Waals surface area contributed by atoms with Gasteiger partial charge in [-0.3, -0.25) is 0 Å². The van der Waals surface area contributed by atoms with Gasteiger partial charge in [0, 0.05) is 17.0 Å². The van der Waals surface area contributed by atoms with E-state index >= 15 is 0 Å². The Morgan fingerprint density at radius 1 is 1.05 bits per heavy atom. The van der Waals surface area contributed by atoms with E-state index in [1.165, 1.54) is 0 Å². The normalized spacial score (nSPS) is 20.3. The van der Waals surface area contributed by atoms with Gasteiger partial charge < -0.3 is 19.5 Å². The largest absolute Gasteiger partial charge is 0.489 e. The van der Waals surface area contributed by atoms with Crippen LogP contribution in [0.25, 0.3) is 11.3 Å². The average molecular weight is 578 g/mol. The molecule has 0 aliphatic heterocycles. The van der Waals surface area contributed by atoms with Gasteiger partial charge >= 0.3 is 5.97 Å². The Labute approximate surface area is 242 Å². The minimum Gasteiger partial charge on any atom is -0.489 e. The lowest BCUT2D eigenvalue weighted by Crippen LogP contribution is -2.40. The van der Waals surface area contributed by atoms with Crippen LogP contribution < -0.4 is 4.74 Å². The molecule has 1 aromatic heterocycles. The molecule has 2 fully saturated rings. The maximum atomic E-state index is 11.5. The highest BCUT2D eigenvalue weighted by molar-refractivity contribution is 6.33. The molecule has 0 spiro atoms. The van der Waals surface area contributed by atoms with Gasteiger partial charge in [-0.2, -0.15) is 0 Å². The van der Waals surface area contributed by atoms with E-state index in [1.807, 2.05) is 44.2 Å². The van der Waals surface area contributed by atoms with Gasteiger partial charge in [-0.15, -0.1) is 0 Å². The number of aromatic nitrogens is 1. The van der Waals surface area contributed by atoms with Crippen LogP contribution in [0.2, 0.25) is 10.0 Å². The van der Waals surface area contributed by atoms with E-state index in [9.17, 15) is 15.0 Å². The zero-order valence-corrected chi connectivity index (χ0v) is 23.7. The van der Waals surface area contributed by atoms with Crippen molar-refractivity contribution >= 4 is 29.2 Å². The van der Waals surface area contributed by atoms with E-state index in [2.05, 4.69) is 5.16 Å². The maximum Gasteiger partial charge on any atom is 0.335 e. The quantitative estimate of drug-likeness (QED) is 0.219. The predicted octanol–water partition coefficient (Wildman–Crippen LogP) is 8.19. The first-order valence-electron chi connectivity index (χ1n) is 13.4. The SMILES string of the molecule is Cc1cc(C(=O)O)cc(C2CC(O)(c3ccc(OCc4c(-c5c(C)cccc5Cl)noc4C4CC4)cc3Cl)C2)c1. The van der Waals surface area contributed by atoms with Gasteiger partial charge in [0.05, 0.1) is 26.8 Å². The molecule has 8 heteroatoms. The monoisotopic (exact) mass is 577 g/mol. The van der Waals surface area contributed by atoms with Crippen molar-refractivity contribution in [2.45, 2.75) is 63.6 Å². The fourth-order valence-corrected chi connectivity index (χ4v) is 6.42. The van der Waals surface area contributed by atoms with Crippen molar-refractivity contribution in [3.05, 3.63) is 104 Å². The topological polar surface area (TPSA) is 92.8 Å². The molecule has 4 aromatic rings. The van der Waals surface area contributed by atoms with Crippen LogP contribution in [0.1, 0.15) is 81.5 Å². The first-order chi connectivity index (χ1) is 19.1. The van der Waals surface area contributed by atoms with Crippen LogP contribution in [-0.4, -0.2) is 21.3 Å². The standard InChI is InChI=1S/C32H29Cl2NO5/c1-17-10-20(12-21(11-17)31(36)37)22-14-32(38,15-22)25-9-8-23(13-27(25)34)39-16-24-29(35-40-30(24)19-6-7-19)28-18(2)4-3-5-26(28)33/h3-5,8-13,19,22,38H,6-7,14-16H2,1-2H3,(H,36,37). The molecule has 2 aliphatic rings. The number of hydrogen-bond acceptors (Lipinski definition) is 5. The van der Waals surface area contributed by atoms with E-state index in [0.717, 1.165) is 46.4 Å². The molecule has 6 nitrogen and oxygen atoms in total. The van der Waals surface area contributed by atoms with Crippen molar-refractivity contribution in [1.82, 2.24) is 5.16 Å². The van der Waals surface area contributed by atoms with Crippen LogP contribution in [-0.2, 0) is 12.2 Å². The van der Waals surface area contributed by atoms with Crippen LogP contribution in [0.15, 0.2) is 59.1 Å². The molecule has 1 heterocycles. The Hall–Kier alpha value is -3.32. The number of ether oxygens (including phenoxy) is 1. The van der Waals surface area contributed by atoms with Gasteiger partial charge in [-0.25, -0.2) is 4.79 Å². The average Bonchev–Trinajstić information content (AvgIpc) is 3.65. The van der Waals surface area contributed by atoms with Crippen LogP contribution in [0, 0.1) is 13.8 Å². The number of halogens is 2. The highest BCUT2D eigenvalue weighted by atomic mass is 35.5. The molecule has 0 saturated heterocycles. The molecule has 2 saturated carbocycles. The number of nitrogens with zero attached hydrogens (tertiary/aromatic N) is 1. The summed E-state index contributed by atoms with van der Waals surface area (Å²) in [6.45, 7) is 4.12. The molecule has 0 bridgehead atoms. The van der Waals surface area contributed by atoms with Crippen LogP contribution in [0.5, 0.6) is 5.75 Å². The second-order valence-corrected chi connectivity index (χ2v) is 11.9. The summed E-state index contributed by atoms with van der Waals surface area (Å²) < 4.78 is 12.0. The molecule has 0 amide bonds. The summed E-state index contributed by atoms with van der Waals surface area (Å²) in [5, 5.41) is 26.2. The van der Waals surface area contributed by atoms with Crippen LogP contribution in [0.4, 0.5) is 0 Å². The Kier molecular flexibility index (Phi) is 6.89. The summed E-state index contributed by atoms with van der Waals surface area (Å²) in [5.74, 6) is 0.852. The summed E-state index contributed by atoms with van der Waals surface area (Å²) >= 11 is 13.2. The number of aromatic carboxylic acids is 1. The molecule has 6 rings (SSSR count). The smallest absolute Gasteiger partial charge is 0.335 e. The number of aliphatic hydroxyl groups is 1. The summed E-state index contributed by atoms with van der Waals surface area (Å²) in [6.07, 6.45) is 3.04. The summed E-state index contributed by atoms with van der Waals surface area (Å²) in [4.78, 5) is 11.5. The maximum absolute atomic E-state index is 11.5. The molecule has 40 heavy (non-hydrogen) atoms. The van der Waals surface area contributed by atoms with E-state index in [1.54, 1.807) is 24.3 Å². The number of aryl methyl sites for hydroxylation is 2. The number of rotatable bonds is 8. The lowest BCUT2D eigenvalue weighted by molar-refractivity contribution is -0.0549. The lowest BCUT2D eigenvalue weighted by Gasteiger charge is -2.45. The summed E-state index contributed by atoms with van der Waals surface area (Å²) in [5.41, 5.74) is 5.05. The van der Waals surface area contributed by atoms with Crippen molar-refractivity contribution in [1.29, 1.82) is 0 Å². The van der Waals surface area contributed by atoms with E-state index in [0.29, 0.717) is 45.8 Å². The van der Waals surface area contributed by atoms with Gasteiger partial charge in [-0.1, -0.05) is 52.6 Å². The highest BCUT2D eigenvalue weighted by Crippen LogP contribution is 2.53. The number of carboxylic acids is 1. The minimum absolute atomic E-state index is 0.0520. The first kappa shape index (κ1) is 26.9. The van der Waals surface area contributed by atoms with Crippen LogP contribution in [0.3, 0.4) is 0 Å². The molecule has 0 unspecified atom stereocenters. The van der Waals surface area contributed by atoms with Gasteiger partial charge in [-0.05, 0) is 92.5 Å². The third-order valence-electron chi connectivity index (χ3n) is 8.04. The van der Waals surface area contributed by atoms with E-state index in [-0.39, 0.29) is 18.1 Å². The van der Waals surface area contributed by atoms with Crippen molar-refractivity contribution in [2.24, 2.45) is 0 Å². The summed E-state index contributed by atoms with van der Waals surface area (Å²) in [6, 6.07) is 16.4. The van der Waals surface area contributed by atoms with E-state index in [4.69, 9.17) is 32.5 Å². The van der Waals surface area contributed by atoms with Crippen LogP contribution >= 0.6 is 23.2 Å². The minimum atomic E-state index is -1.09. The van der Waals surface area contributed by atoms with Crippen molar-refractivity contribution in [3.63, 3.8) is 0 Å². The third kappa shape index (κ3) is 5.00. The Balaban J connectivity index is 1.19. The van der Waals surface area contributed by atoms with Crippen molar-refractivity contribution < 1.29 is 24.3 Å². The summed E-state index contributed by atoms with van der Waals surface area (Å²) in [7, 11) is 0. The number of carboxylic acid groups (broad SMARTS) is 1. The van der Waals surface area contributed by atoms with Gasteiger partial charge in [0.2, 0.25) is 0 Å². The first-order valence-corrected chi connectivity index (χ1v) is 14.1. The Morgan fingerprint density at radius 3 is 2.50 bits per heavy atom. The third-order valence-corrected chi connectivity index (χ3v) is 8.66. The molecular weight excluding hydrogens is 549 g/mol.